The van der Waals surface area contributed by atoms with Gasteiger partial charge in [0.15, 0.2) is 0 Å². The molecule has 2 aromatic carbocycles. The van der Waals surface area contributed by atoms with Gasteiger partial charge in [-0.25, -0.2) is 4.79 Å². The Labute approximate surface area is 184 Å². The van der Waals surface area contributed by atoms with Crippen LogP contribution in [-0.2, 0) is 9.53 Å². The fourth-order valence-corrected chi connectivity index (χ4v) is 4.15. The second kappa shape index (κ2) is 9.45. The highest BCUT2D eigenvalue weighted by atomic mass is 32.1. The third-order valence-corrected chi connectivity index (χ3v) is 5.57. The van der Waals surface area contributed by atoms with Gasteiger partial charge in [-0.3, -0.25) is 4.79 Å². The molecule has 0 fully saturated rings. The van der Waals surface area contributed by atoms with Gasteiger partial charge in [-0.05, 0) is 47.0 Å². The predicted molar refractivity (Wildman–Crippen MR) is 124 cm³/mol. The van der Waals surface area contributed by atoms with Crippen LogP contribution in [0.3, 0.4) is 0 Å². The Balaban J connectivity index is 1.67. The predicted octanol–water partition coefficient (Wildman–Crippen LogP) is 6.38. The lowest BCUT2D eigenvalue weighted by Crippen LogP contribution is -2.13. The van der Waals surface area contributed by atoms with Crippen molar-refractivity contribution in [1.82, 2.24) is 0 Å². The Morgan fingerprint density at radius 1 is 1.10 bits per heavy atom. The van der Waals surface area contributed by atoms with Crippen LogP contribution in [0.25, 0.3) is 28.0 Å². The Kier molecular flexibility index (Phi) is 6.29. The number of fused-ring (bicyclic) bond motifs is 1. The van der Waals surface area contributed by atoms with E-state index in [1.54, 1.807) is 18.2 Å². The van der Waals surface area contributed by atoms with Gasteiger partial charge in [0, 0.05) is 17.0 Å². The molecular formula is C25H21NO4S. The highest BCUT2D eigenvalue weighted by molar-refractivity contribution is 7.15. The van der Waals surface area contributed by atoms with Gasteiger partial charge in [-0.1, -0.05) is 43.3 Å². The number of thiophene rings is 1. The van der Waals surface area contributed by atoms with E-state index in [9.17, 15) is 9.59 Å². The van der Waals surface area contributed by atoms with E-state index in [0.717, 1.165) is 28.3 Å². The number of furan rings is 1. The second-order valence-corrected chi connectivity index (χ2v) is 7.77. The van der Waals surface area contributed by atoms with Gasteiger partial charge >= 0.3 is 5.97 Å². The highest BCUT2D eigenvalue weighted by Gasteiger charge is 2.22. The first-order valence-corrected chi connectivity index (χ1v) is 10.8. The van der Waals surface area contributed by atoms with Crippen molar-refractivity contribution in [1.29, 1.82) is 0 Å². The summed E-state index contributed by atoms with van der Waals surface area (Å²) in [5.74, 6) is -0.231. The Morgan fingerprint density at radius 3 is 2.71 bits per heavy atom. The molecule has 4 rings (SSSR count). The molecule has 0 aliphatic rings. The van der Waals surface area contributed by atoms with Crippen molar-refractivity contribution in [3.8, 4) is 11.1 Å². The molecule has 5 nitrogen and oxygen atoms in total. The van der Waals surface area contributed by atoms with Crippen molar-refractivity contribution in [2.75, 3.05) is 11.9 Å². The van der Waals surface area contributed by atoms with Crippen LogP contribution in [0.4, 0.5) is 5.00 Å². The molecule has 2 aromatic heterocycles. The molecule has 1 N–H and O–H groups in total. The summed E-state index contributed by atoms with van der Waals surface area (Å²) in [5, 5.41) is 7.33. The molecule has 0 saturated heterocycles. The lowest BCUT2D eigenvalue weighted by molar-refractivity contribution is -0.111. The van der Waals surface area contributed by atoms with Crippen molar-refractivity contribution in [2.24, 2.45) is 0 Å². The normalized spacial score (nSPS) is 11.1. The molecule has 0 aliphatic carbocycles. The van der Waals surface area contributed by atoms with E-state index in [1.165, 1.54) is 23.7 Å². The molecule has 1 amide bonds. The average Bonchev–Trinajstić information content (AvgIpc) is 3.46. The van der Waals surface area contributed by atoms with Crippen molar-refractivity contribution in [3.63, 3.8) is 0 Å². The molecular weight excluding hydrogens is 410 g/mol. The molecule has 0 unspecified atom stereocenters. The minimum absolute atomic E-state index is 0.317. The Morgan fingerprint density at radius 2 is 1.94 bits per heavy atom. The molecule has 0 aliphatic heterocycles. The van der Waals surface area contributed by atoms with Gasteiger partial charge in [0.1, 0.15) is 16.3 Å². The number of hydrogen-bond donors (Lipinski definition) is 1. The van der Waals surface area contributed by atoms with Crippen molar-refractivity contribution < 1.29 is 18.7 Å². The maximum atomic E-state index is 12.9. The zero-order chi connectivity index (χ0) is 21.6. The van der Waals surface area contributed by atoms with Crippen LogP contribution in [0.1, 0.15) is 29.5 Å². The minimum atomic E-state index is -0.448. The maximum absolute atomic E-state index is 12.9. The third-order valence-electron chi connectivity index (χ3n) is 4.67. The number of carbonyl (C=O) groups is 2. The topological polar surface area (TPSA) is 68.5 Å². The van der Waals surface area contributed by atoms with Gasteiger partial charge in [-0.2, -0.15) is 0 Å². The lowest BCUT2D eigenvalue weighted by Gasteiger charge is -2.09. The number of esters is 1. The summed E-state index contributed by atoms with van der Waals surface area (Å²) in [6.07, 6.45) is 5.20. The number of ether oxygens (including phenoxy) is 1. The van der Waals surface area contributed by atoms with Gasteiger partial charge in [-0.15, -0.1) is 11.3 Å². The van der Waals surface area contributed by atoms with Crippen LogP contribution in [0.15, 0.2) is 76.7 Å². The summed E-state index contributed by atoms with van der Waals surface area (Å²) in [5.41, 5.74) is 2.00. The second-order valence-electron chi connectivity index (χ2n) is 6.89. The van der Waals surface area contributed by atoms with Crippen LogP contribution in [0.2, 0.25) is 0 Å². The van der Waals surface area contributed by atoms with Gasteiger partial charge in [0.2, 0.25) is 5.91 Å². The van der Waals surface area contributed by atoms with Crippen LogP contribution in [0.5, 0.6) is 0 Å². The number of anilines is 1. The van der Waals surface area contributed by atoms with Crippen molar-refractivity contribution >= 4 is 45.1 Å². The number of benzene rings is 2. The van der Waals surface area contributed by atoms with Crippen LogP contribution in [-0.4, -0.2) is 18.5 Å². The first kappa shape index (κ1) is 20.6. The monoisotopic (exact) mass is 431 g/mol. The van der Waals surface area contributed by atoms with Crippen LogP contribution >= 0.6 is 11.3 Å². The number of nitrogens with one attached hydrogen (secondary N) is 1. The number of amides is 1. The first-order chi connectivity index (χ1) is 15.2. The standard InChI is InChI=1S/C25H21NO4S/c1-2-13-30-25(28)23-21(19-10-9-17-6-3-4-7-18(17)15-19)16-31-24(23)26-22(27)12-11-20-8-5-14-29-20/h3-12,14-16H,2,13H2,1H3,(H,26,27). The summed E-state index contributed by atoms with van der Waals surface area (Å²) in [4.78, 5) is 25.3. The van der Waals surface area contributed by atoms with Gasteiger partial charge in [0.05, 0.1) is 12.9 Å². The summed E-state index contributed by atoms with van der Waals surface area (Å²) < 4.78 is 10.6. The molecule has 2 heterocycles. The van der Waals surface area contributed by atoms with E-state index < -0.39 is 5.97 Å². The maximum Gasteiger partial charge on any atom is 0.341 e. The molecule has 0 bridgehead atoms. The molecule has 4 aromatic rings. The van der Waals surface area contributed by atoms with Crippen molar-refractivity contribution in [2.45, 2.75) is 13.3 Å². The van der Waals surface area contributed by atoms with E-state index in [4.69, 9.17) is 9.15 Å². The zero-order valence-corrected chi connectivity index (χ0v) is 17.8. The van der Waals surface area contributed by atoms with E-state index in [-0.39, 0.29) is 5.91 Å². The molecule has 6 heteroatoms. The Bertz CT molecular complexity index is 1240. The molecule has 31 heavy (non-hydrogen) atoms. The van der Waals surface area contributed by atoms with E-state index in [0.29, 0.717) is 22.9 Å². The summed E-state index contributed by atoms with van der Waals surface area (Å²) in [6.45, 7) is 2.25. The first-order valence-electron chi connectivity index (χ1n) is 9.96. The van der Waals surface area contributed by atoms with Gasteiger partial charge in [0.25, 0.3) is 0 Å². The van der Waals surface area contributed by atoms with E-state index in [1.807, 2.05) is 54.8 Å². The van der Waals surface area contributed by atoms with Crippen LogP contribution in [0, 0.1) is 0 Å². The number of rotatable bonds is 7. The summed E-state index contributed by atoms with van der Waals surface area (Å²) in [7, 11) is 0. The molecule has 156 valence electrons. The third kappa shape index (κ3) is 4.75. The average molecular weight is 432 g/mol. The molecule has 0 radical (unpaired) electrons. The zero-order valence-electron chi connectivity index (χ0n) is 17.0. The van der Waals surface area contributed by atoms with Crippen molar-refractivity contribution in [3.05, 3.63) is 83.6 Å². The van der Waals surface area contributed by atoms with E-state index in [2.05, 4.69) is 5.32 Å². The largest absolute Gasteiger partial charge is 0.465 e. The number of hydrogen-bond acceptors (Lipinski definition) is 5. The minimum Gasteiger partial charge on any atom is -0.465 e. The summed E-state index contributed by atoms with van der Waals surface area (Å²) >= 11 is 1.30. The van der Waals surface area contributed by atoms with E-state index >= 15 is 0 Å². The highest BCUT2D eigenvalue weighted by Crippen LogP contribution is 2.37. The van der Waals surface area contributed by atoms with Gasteiger partial charge < -0.3 is 14.5 Å². The molecule has 0 spiro atoms. The number of carbonyl (C=O) groups excluding carboxylic acids is 2. The Hall–Kier alpha value is -3.64. The molecule has 0 saturated carbocycles. The molecule has 0 atom stereocenters. The fourth-order valence-electron chi connectivity index (χ4n) is 3.19. The smallest absolute Gasteiger partial charge is 0.341 e. The SMILES string of the molecule is CCCOC(=O)c1c(-c2ccc3ccccc3c2)csc1NC(=O)C=Cc1ccco1. The van der Waals surface area contributed by atoms with Crippen LogP contribution < -0.4 is 5.32 Å². The quantitative estimate of drug-likeness (QED) is 0.272. The summed E-state index contributed by atoms with van der Waals surface area (Å²) in [6, 6.07) is 17.6. The lowest BCUT2D eigenvalue weighted by atomic mass is 10.00. The fraction of sp³-hybridized carbons (Fsp3) is 0.120.